The Labute approximate surface area is 124 Å². The first-order chi connectivity index (χ1) is 9.37. The van der Waals surface area contributed by atoms with Gasteiger partial charge in [0.15, 0.2) is 0 Å². The summed E-state index contributed by atoms with van der Waals surface area (Å²) < 4.78 is 5.17. The second kappa shape index (κ2) is 5.91. The molecule has 0 aromatic carbocycles. The van der Waals surface area contributed by atoms with Crippen LogP contribution in [0.25, 0.3) is 0 Å². The van der Waals surface area contributed by atoms with Crippen molar-refractivity contribution >= 4 is 5.97 Å². The molecule has 0 amide bonds. The van der Waals surface area contributed by atoms with Crippen LogP contribution in [0.2, 0.25) is 0 Å². The Morgan fingerprint density at radius 3 is 2.65 bits per heavy atom. The highest BCUT2D eigenvalue weighted by Gasteiger charge is 2.45. The lowest BCUT2D eigenvalue weighted by Gasteiger charge is -2.51. The van der Waals surface area contributed by atoms with Crippen molar-refractivity contribution in [2.45, 2.75) is 66.7 Å². The van der Waals surface area contributed by atoms with E-state index in [1.165, 1.54) is 24.8 Å². The summed E-state index contributed by atoms with van der Waals surface area (Å²) >= 11 is 0. The molecule has 0 heterocycles. The molecule has 0 N–H and O–H groups in total. The molecule has 0 aromatic rings. The van der Waals surface area contributed by atoms with Crippen molar-refractivity contribution in [2.24, 2.45) is 23.2 Å². The van der Waals surface area contributed by atoms with Crippen LogP contribution in [0.1, 0.15) is 66.7 Å². The van der Waals surface area contributed by atoms with Gasteiger partial charge in [-0.25, -0.2) is 4.79 Å². The van der Waals surface area contributed by atoms with E-state index in [2.05, 4.69) is 20.8 Å². The Bertz CT molecular complexity index is 406. The lowest BCUT2D eigenvalue weighted by atomic mass is 9.54. The molecule has 2 aliphatic carbocycles. The van der Waals surface area contributed by atoms with Crippen molar-refractivity contribution in [3.63, 3.8) is 0 Å². The Kier molecular flexibility index (Phi) is 4.61. The van der Waals surface area contributed by atoms with Crippen molar-refractivity contribution in [1.82, 2.24) is 0 Å². The van der Waals surface area contributed by atoms with Gasteiger partial charge in [-0.05, 0) is 69.1 Å². The zero-order valence-electron chi connectivity index (χ0n) is 13.8. The third-order valence-corrected chi connectivity index (χ3v) is 6.16. The highest BCUT2D eigenvalue weighted by Crippen LogP contribution is 2.54. The van der Waals surface area contributed by atoms with Gasteiger partial charge in [-0.2, -0.15) is 0 Å². The molecule has 20 heavy (non-hydrogen) atoms. The van der Waals surface area contributed by atoms with E-state index in [1.807, 2.05) is 13.8 Å². The molecule has 2 saturated carbocycles. The van der Waals surface area contributed by atoms with Gasteiger partial charge in [-0.1, -0.05) is 26.3 Å². The van der Waals surface area contributed by atoms with Crippen molar-refractivity contribution in [3.8, 4) is 0 Å². The van der Waals surface area contributed by atoms with Gasteiger partial charge in [0.25, 0.3) is 0 Å². The summed E-state index contributed by atoms with van der Waals surface area (Å²) in [6.07, 6.45) is 6.20. The van der Waals surface area contributed by atoms with Crippen molar-refractivity contribution in [2.75, 3.05) is 6.61 Å². The van der Waals surface area contributed by atoms with Crippen molar-refractivity contribution in [3.05, 3.63) is 11.1 Å². The van der Waals surface area contributed by atoms with E-state index in [0.29, 0.717) is 12.0 Å². The fourth-order valence-corrected chi connectivity index (χ4v) is 4.24. The van der Waals surface area contributed by atoms with Gasteiger partial charge >= 0.3 is 5.97 Å². The molecule has 2 nitrogen and oxygen atoms in total. The number of carbonyl (C=O) groups excluding carboxylic acids is 1. The standard InChI is InChI=1S/C18H30O2/c1-6-20-17(19)13(3)15-10-9-14-8-7-12(2)18(4,5)16(14)11-15/h12,14,16H,6-11H2,1-5H3/b15-13+. The van der Waals surface area contributed by atoms with E-state index in [0.717, 1.165) is 36.2 Å². The zero-order chi connectivity index (χ0) is 14.9. The second-order valence-electron chi connectivity index (χ2n) is 7.36. The van der Waals surface area contributed by atoms with Crippen LogP contribution in [-0.2, 0) is 9.53 Å². The van der Waals surface area contributed by atoms with Gasteiger partial charge in [-0.15, -0.1) is 0 Å². The molecule has 114 valence electrons. The Morgan fingerprint density at radius 1 is 1.30 bits per heavy atom. The first kappa shape index (κ1) is 15.6. The second-order valence-corrected chi connectivity index (χ2v) is 7.36. The summed E-state index contributed by atoms with van der Waals surface area (Å²) in [4.78, 5) is 11.9. The molecule has 2 rings (SSSR count). The van der Waals surface area contributed by atoms with Crippen LogP contribution in [0, 0.1) is 23.2 Å². The van der Waals surface area contributed by atoms with Crippen LogP contribution in [0.5, 0.6) is 0 Å². The zero-order valence-corrected chi connectivity index (χ0v) is 13.8. The van der Waals surface area contributed by atoms with Crippen LogP contribution >= 0.6 is 0 Å². The molecule has 0 spiro atoms. The van der Waals surface area contributed by atoms with Crippen LogP contribution in [0.4, 0.5) is 0 Å². The van der Waals surface area contributed by atoms with Gasteiger partial charge in [-0.3, -0.25) is 0 Å². The summed E-state index contributed by atoms with van der Waals surface area (Å²) in [5.41, 5.74) is 2.62. The maximum absolute atomic E-state index is 11.9. The highest BCUT2D eigenvalue weighted by molar-refractivity contribution is 5.88. The van der Waals surface area contributed by atoms with Crippen LogP contribution in [-0.4, -0.2) is 12.6 Å². The average molecular weight is 278 g/mol. The number of fused-ring (bicyclic) bond motifs is 1. The molecule has 0 aliphatic heterocycles. The third-order valence-electron chi connectivity index (χ3n) is 6.16. The number of esters is 1. The first-order valence-electron chi connectivity index (χ1n) is 8.23. The number of rotatable bonds is 2. The molecule has 2 aliphatic rings. The van der Waals surface area contributed by atoms with E-state index >= 15 is 0 Å². The Balaban J connectivity index is 2.19. The minimum absolute atomic E-state index is 0.109. The monoisotopic (exact) mass is 278 g/mol. The average Bonchev–Trinajstić information content (AvgIpc) is 2.42. The first-order valence-corrected chi connectivity index (χ1v) is 8.23. The number of ether oxygens (including phenoxy) is 1. The lowest BCUT2D eigenvalue weighted by molar-refractivity contribution is -0.138. The summed E-state index contributed by atoms with van der Waals surface area (Å²) in [7, 11) is 0. The predicted molar refractivity (Wildman–Crippen MR) is 82.3 cm³/mol. The molecule has 2 heteroatoms. The fourth-order valence-electron chi connectivity index (χ4n) is 4.24. The van der Waals surface area contributed by atoms with Gasteiger partial charge in [0, 0.05) is 5.57 Å². The maximum atomic E-state index is 11.9. The van der Waals surface area contributed by atoms with Gasteiger partial charge in [0.1, 0.15) is 0 Å². The van der Waals surface area contributed by atoms with Crippen molar-refractivity contribution < 1.29 is 9.53 Å². The molecule has 2 fully saturated rings. The maximum Gasteiger partial charge on any atom is 0.333 e. The predicted octanol–water partition coefficient (Wildman–Crippen LogP) is 4.74. The van der Waals surface area contributed by atoms with Crippen LogP contribution in [0.3, 0.4) is 0 Å². The van der Waals surface area contributed by atoms with Crippen molar-refractivity contribution in [1.29, 1.82) is 0 Å². The summed E-state index contributed by atoms with van der Waals surface area (Å²) in [6, 6.07) is 0. The Hall–Kier alpha value is -0.790. The largest absolute Gasteiger partial charge is 0.463 e. The molecular weight excluding hydrogens is 248 g/mol. The van der Waals surface area contributed by atoms with E-state index in [4.69, 9.17) is 4.74 Å². The van der Waals surface area contributed by atoms with Crippen LogP contribution < -0.4 is 0 Å². The summed E-state index contributed by atoms with van der Waals surface area (Å²) in [5.74, 6) is 2.27. The third kappa shape index (κ3) is 2.80. The number of allylic oxidation sites excluding steroid dienone is 1. The summed E-state index contributed by atoms with van der Waals surface area (Å²) in [5, 5.41) is 0. The lowest BCUT2D eigenvalue weighted by Crippen LogP contribution is -2.42. The van der Waals surface area contributed by atoms with E-state index in [9.17, 15) is 4.79 Å². The molecular formula is C18H30O2. The van der Waals surface area contributed by atoms with Gasteiger partial charge < -0.3 is 4.74 Å². The molecule has 0 aromatic heterocycles. The SMILES string of the molecule is CCOC(=O)/C(C)=C1\CCC2CCC(C)C(C)(C)C2C1. The van der Waals surface area contributed by atoms with Crippen LogP contribution in [0.15, 0.2) is 11.1 Å². The van der Waals surface area contributed by atoms with Gasteiger partial charge in [0.05, 0.1) is 6.61 Å². The number of hydrogen-bond acceptors (Lipinski definition) is 2. The minimum Gasteiger partial charge on any atom is -0.463 e. The Morgan fingerprint density at radius 2 is 2.00 bits per heavy atom. The number of carbonyl (C=O) groups is 1. The molecule has 0 saturated heterocycles. The summed E-state index contributed by atoms with van der Waals surface area (Å²) in [6.45, 7) is 11.5. The fraction of sp³-hybridized carbons (Fsp3) is 0.833. The highest BCUT2D eigenvalue weighted by atomic mass is 16.5. The molecule has 3 unspecified atom stereocenters. The molecule has 0 radical (unpaired) electrons. The smallest absolute Gasteiger partial charge is 0.333 e. The van der Waals surface area contributed by atoms with E-state index in [-0.39, 0.29) is 5.97 Å². The normalized spacial score (nSPS) is 35.1. The molecule has 0 bridgehead atoms. The van der Waals surface area contributed by atoms with E-state index in [1.54, 1.807) is 0 Å². The quantitative estimate of drug-likeness (QED) is 0.539. The molecule has 3 atom stereocenters. The number of hydrogen-bond donors (Lipinski definition) is 0. The minimum atomic E-state index is -0.109. The topological polar surface area (TPSA) is 26.3 Å². The van der Waals surface area contributed by atoms with Gasteiger partial charge in [0.2, 0.25) is 0 Å². The van der Waals surface area contributed by atoms with E-state index < -0.39 is 0 Å².